The van der Waals surface area contributed by atoms with Crippen molar-refractivity contribution >= 4 is 19.2 Å². The molecule has 0 fully saturated rings. The Hall–Kier alpha value is -1.33. The van der Waals surface area contributed by atoms with Crippen LogP contribution in [0.1, 0.15) is 11.1 Å². The van der Waals surface area contributed by atoms with Crippen LogP contribution >= 0.6 is 8.58 Å². The van der Waals surface area contributed by atoms with Crippen LogP contribution in [0.2, 0.25) is 0 Å². The fourth-order valence-electron chi connectivity index (χ4n) is 1.97. The molecule has 0 aromatic heterocycles. The molecule has 0 amide bonds. The van der Waals surface area contributed by atoms with E-state index in [-0.39, 0.29) is 0 Å². The lowest BCUT2D eigenvalue weighted by atomic mass is 10.1. The lowest BCUT2D eigenvalue weighted by Gasteiger charge is -2.11. The van der Waals surface area contributed by atoms with E-state index in [4.69, 9.17) is 4.74 Å². The summed E-state index contributed by atoms with van der Waals surface area (Å²) in [6.07, 6.45) is 0. The van der Waals surface area contributed by atoms with Crippen molar-refractivity contribution < 1.29 is 4.74 Å². The average Bonchev–Trinajstić information content (AvgIpc) is 2.30. The second-order valence-corrected chi connectivity index (χ2v) is 5.41. The van der Waals surface area contributed by atoms with E-state index in [0.29, 0.717) is 8.58 Å². The van der Waals surface area contributed by atoms with Crippen LogP contribution in [0.3, 0.4) is 0 Å². The maximum atomic E-state index is 5.38. The Bertz CT molecular complexity index is 483. The third-order valence-corrected chi connectivity index (χ3v) is 3.81. The maximum absolute atomic E-state index is 5.38. The molecule has 0 bridgehead atoms. The monoisotopic (exact) mass is 243 g/mol. The van der Waals surface area contributed by atoms with Gasteiger partial charge in [0.15, 0.2) is 0 Å². The van der Waals surface area contributed by atoms with Crippen LogP contribution in [0.15, 0.2) is 36.4 Å². The summed E-state index contributed by atoms with van der Waals surface area (Å²) in [5, 5.41) is 2.58. The van der Waals surface area contributed by atoms with Gasteiger partial charge in [-0.1, -0.05) is 32.8 Å². The van der Waals surface area contributed by atoms with E-state index in [2.05, 4.69) is 44.2 Å². The molecule has 0 aliphatic rings. The van der Waals surface area contributed by atoms with Crippen LogP contribution in [0.4, 0.5) is 0 Å². The molecule has 17 heavy (non-hydrogen) atoms. The van der Waals surface area contributed by atoms with Gasteiger partial charge in [-0.25, -0.2) is 0 Å². The number of ether oxygens (including phenoxy) is 1. The molecule has 0 saturated carbocycles. The van der Waals surface area contributed by atoms with Crippen molar-refractivity contribution in [3.63, 3.8) is 0 Å². The number of benzene rings is 2. The van der Waals surface area contributed by atoms with E-state index < -0.39 is 0 Å². The van der Waals surface area contributed by atoms with Crippen molar-refractivity contribution in [2.45, 2.75) is 13.8 Å². The molecular weight excluding hydrogens is 227 g/mol. The van der Waals surface area contributed by atoms with Crippen LogP contribution in [0, 0.1) is 19.9 Å². The molecule has 2 aromatic rings. The fraction of sp³-hybridized carbons (Fsp3) is 0.200. The Morgan fingerprint density at radius 1 is 1.12 bits per heavy atom. The summed E-state index contributed by atoms with van der Waals surface area (Å²) in [4.78, 5) is 0. The van der Waals surface area contributed by atoms with Gasteiger partial charge >= 0.3 is 0 Å². The Labute approximate surface area is 105 Å². The molecule has 2 heteroatoms. The Balaban J connectivity index is 2.29. The molecule has 87 valence electrons. The summed E-state index contributed by atoms with van der Waals surface area (Å²) in [6, 6.07) is 15.8. The Morgan fingerprint density at radius 3 is 2.35 bits per heavy atom. The Morgan fingerprint density at radius 2 is 1.82 bits per heavy atom. The second kappa shape index (κ2) is 5.33. The Kier molecular flexibility index (Phi) is 3.81. The zero-order valence-corrected chi connectivity index (χ0v) is 11.4. The normalized spacial score (nSPS) is 11.0. The molecule has 2 rings (SSSR count). The van der Waals surface area contributed by atoms with Crippen LogP contribution in [0.25, 0.3) is 0 Å². The number of aryl methyl sites for hydroxylation is 2. The van der Waals surface area contributed by atoms with E-state index in [1.165, 1.54) is 21.7 Å². The summed E-state index contributed by atoms with van der Waals surface area (Å²) in [6.45, 7) is 4.18. The van der Waals surface area contributed by atoms with E-state index in [1.54, 1.807) is 7.11 Å². The highest BCUT2D eigenvalue weighted by atomic mass is 31.1. The van der Waals surface area contributed by atoms with E-state index in [9.17, 15) is 0 Å². The summed E-state index contributed by atoms with van der Waals surface area (Å²) in [7, 11) is 2.38. The van der Waals surface area contributed by atoms with E-state index in [1.807, 2.05) is 12.1 Å². The van der Waals surface area contributed by atoms with Gasteiger partial charge in [0.1, 0.15) is 5.75 Å². The maximum Gasteiger partial charge on any atom is 0.124 e. The van der Waals surface area contributed by atoms with Crippen molar-refractivity contribution in [3.8, 4) is 5.75 Å². The van der Waals surface area contributed by atoms with Crippen LogP contribution in [-0.4, -0.2) is 7.11 Å². The SMILES string of the molecule is COc1c(C)cc(Pc2[c]cccc2)cc1C. The minimum absolute atomic E-state index is 0.656. The van der Waals surface area contributed by atoms with Gasteiger partial charge in [0.25, 0.3) is 0 Å². The smallest absolute Gasteiger partial charge is 0.124 e. The topological polar surface area (TPSA) is 9.23 Å². The highest BCUT2D eigenvalue weighted by Crippen LogP contribution is 2.23. The number of rotatable bonds is 3. The molecule has 1 unspecified atom stereocenters. The largest absolute Gasteiger partial charge is 0.496 e. The zero-order chi connectivity index (χ0) is 12.3. The zero-order valence-electron chi connectivity index (χ0n) is 10.4. The van der Waals surface area contributed by atoms with Crippen LogP contribution < -0.4 is 15.3 Å². The van der Waals surface area contributed by atoms with Crippen molar-refractivity contribution in [2.24, 2.45) is 0 Å². The van der Waals surface area contributed by atoms with E-state index >= 15 is 0 Å². The first-order valence-electron chi connectivity index (χ1n) is 5.59. The number of methoxy groups -OCH3 is 1. The van der Waals surface area contributed by atoms with Crippen molar-refractivity contribution in [2.75, 3.05) is 7.11 Å². The third kappa shape index (κ3) is 2.87. The number of hydrogen-bond acceptors (Lipinski definition) is 1. The minimum Gasteiger partial charge on any atom is -0.496 e. The predicted molar refractivity (Wildman–Crippen MR) is 75.3 cm³/mol. The quantitative estimate of drug-likeness (QED) is 0.753. The molecule has 0 spiro atoms. The van der Waals surface area contributed by atoms with E-state index in [0.717, 1.165) is 5.75 Å². The molecule has 0 heterocycles. The average molecular weight is 243 g/mol. The molecule has 0 saturated heterocycles. The van der Waals surface area contributed by atoms with Gasteiger partial charge in [0.05, 0.1) is 7.11 Å². The molecule has 0 aliphatic heterocycles. The minimum atomic E-state index is 0.656. The number of hydrogen-bond donors (Lipinski definition) is 0. The van der Waals surface area contributed by atoms with Gasteiger partial charge in [-0.2, -0.15) is 0 Å². The summed E-state index contributed by atoms with van der Waals surface area (Å²) in [5.74, 6) is 0.996. The molecule has 0 N–H and O–H groups in total. The molecule has 0 aliphatic carbocycles. The fourth-order valence-corrected chi connectivity index (χ4v) is 3.19. The van der Waals surface area contributed by atoms with Gasteiger partial charge in [0.2, 0.25) is 0 Å². The molecule has 1 radical (unpaired) electrons. The van der Waals surface area contributed by atoms with Crippen molar-refractivity contribution in [3.05, 3.63) is 53.6 Å². The van der Waals surface area contributed by atoms with Crippen molar-refractivity contribution in [1.29, 1.82) is 0 Å². The van der Waals surface area contributed by atoms with Crippen molar-refractivity contribution in [1.82, 2.24) is 0 Å². The molecule has 2 aromatic carbocycles. The van der Waals surface area contributed by atoms with Gasteiger partial charge in [-0.3, -0.25) is 0 Å². The lowest BCUT2D eigenvalue weighted by molar-refractivity contribution is 0.409. The standard InChI is InChI=1S/C15H16OP/c1-11-9-14(10-12(2)15(11)16-3)17-13-7-5-4-6-8-13/h4-7,9-10,17H,1-3H3. The summed E-state index contributed by atoms with van der Waals surface area (Å²) < 4.78 is 5.38. The van der Waals surface area contributed by atoms with Crippen LogP contribution in [-0.2, 0) is 0 Å². The van der Waals surface area contributed by atoms with Crippen LogP contribution in [0.5, 0.6) is 5.75 Å². The van der Waals surface area contributed by atoms with Gasteiger partial charge < -0.3 is 4.74 Å². The first-order valence-corrected chi connectivity index (χ1v) is 6.59. The highest BCUT2D eigenvalue weighted by Gasteiger charge is 2.05. The third-order valence-electron chi connectivity index (χ3n) is 2.65. The second-order valence-electron chi connectivity index (χ2n) is 4.04. The first-order chi connectivity index (χ1) is 8.20. The van der Waals surface area contributed by atoms with Gasteiger partial charge in [0, 0.05) is 0 Å². The predicted octanol–water partition coefficient (Wildman–Crippen LogP) is 2.74. The van der Waals surface area contributed by atoms with Gasteiger partial charge in [-0.05, 0) is 53.8 Å². The highest BCUT2D eigenvalue weighted by molar-refractivity contribution is 7.55. The molecular formula is C15H16OP. The molecule has 1 atom stereocenters. The lowest BCUT2D eigenvalue weighted by Crippen LogP contribution is -2.06. The van der Waals surface area contributed by atoms with Gasteiger partial charge in [-0.15, -0.1) is 0 Å². The first kappa shape index (κ1) is 12.1. The molecule has 1 nitrogen and oxygen atoms in total. The summed E-state index contributed by atoms with van der Waals surface area (Å²) >= 11 is 0. The summed E-state index contributed by atoms with van der Waals surface area (Å²) in [5.41, 5.74) is 2.40.